The van der Waals surface area contributed by atoms with Crippen molar-refractivity contribution in [2.45, 2.75) is 25.6 Å². The van der Waals surface area contributed by atoms with Crippen molar-refractivity contribution >= 4 is 17.7 Å². The fraction of sp³-hybridized carbons (Fsp3) is 0.278. The summed E-state index contributed by atoms with van der Waals surface area (Å²) in [5.74, 6) is -2.25. The lowest BCUT2D eigenvalue weighted by molar-refractivity contribution is -0.143. The van der Waals surface area contributed by atoms with Gasteiger partial charge in [0.1, 0.15) is 6.04 Å². The van der Waals surface area contributed by atoms with Crippen molar-refractivity contribution < 1.29 is 36.7 Å². The van der Waals surface area contributed by atoms with E-state index in [0.29, 0.717) is 0 Å². The monoisotopic (exact) mass is 383 g/mol. The lowest BCUT2D eigenvalue weighted by Crippen LogP contribution is -2.42. The number of alkyl halides is 3. The number of esters is 1. The normalized spacial score (nSPS) is 12.3. The van der Waals surface area contributed by atoms with E-state index in [9.17, 15) is 27.6 Å². The first-order valence-corrected chi connectivity index (χ1v) is 7.93. The van der Waals surface area contributed by atoms with Crippen molar-refractivity contribution in [3.63, 3.8) is 0 Å². The number of Topliss-reactive ketones (excluding diaryl/α,β-unsaturated/α-hetero) is 1. The van der Waals surface area contributed by atoms with Gasteiger partial charge >= 0.3 is 12.1 Å². The molecule has 0 aliphatic heterocycles. The quantitative estimate of drug-likeness (QED) is 0.586. The lowest BCUT2D eigenvalue weighted by atomic mass is 10.1. The maximum absolute atomic E-state index is 12.6. The number of nitrogens with one attached hydrogen (secondary N) is 1. The Kier molecular flexibility index (Phi) is 6.38. The second kappa shape index (κ2) is 8.52. The lowest BCUT2D eigenvalue weighted by Gasteiger charge is -2.16. The van der Waals surface area contributed by atoms with E-state index < -0.39 is 41.9 Å². The highest BCUT2D eigenvalue weighted by molar-refractivity contribution is 6.04. The Bertz CT molecular complexity index is 797. The topological polar surface area (TPSA) is 85.6 Å². The molecule has 0 saturated heterocycles. The van der Waals surface area contributed by atoms with E-state index in [1.165, 1.54) is 18.4 Å². The van der Waals surface area contributed by atoms with Gasteiger partial charge in [-0.2, -0.15) is 13.2 Å². The van der Waals surface area contributed by atoms with Crippen molar-refractivity contribution in [1.29, 1.82) is 0 Å². The van der Waals surface area contributed by atoms with Gasteiger partial charge in [0, 0.05) is 5.56 Å². The summed E-state index contributed by atoms with van der Waals surface area (Å²) >= 11 is 0. The minimum Gasteiger partial charge on any atom is -0.466 e. The Morgan fingerprint density at radius 2 is 1.81 bits per heavy atom. The zero-order valence-electron chi connectivity index (χ0n) is 14.2. The number of amides is 1. The average Bonchev–Trinajstić information content (AvgIpc) is 3.14. The van der Waals surface area contributed by atoms with Crippen LogP contribution in [0, 0.1) is 0 Å². The van der Waals surface area contributed by atoms with E-state index in [2.05, 4.69) is 5.32 Å². The molecule has 0 aliphatic rings. The van der Waals surface area contributed by atoms with E-state index in [-0.39, 0.29) is 17.9 Å². The van der Waals surface area contributed by atoms with Crippen LogP contribution < -0.4 is 5.32 Å². The van der Waals surface area contributed by atoms with Crippen LogP contribution in [-0.2, 0) is 15.7 Å². The van der Waals surface area contributed by atoms with Crippen LogP contribution in [0.15, 0.2) is 47.1 Å². The zero-order chi connectivity index (χ0) is 20.0. The van der Waals surface area contributed by atoms with Gasteiger partial charge in [-0.25, -0.2) is 0 Å². The third-order valence-electron chi connectivity index (χ3n) is 3.54. The number of rotatable bonds is 7. The fourth-order valence-electron chi connectivity index (χ4n) is 2.24. The van der Waals surface area contributed by atoms with Crippen molar-refractivity contribution in [3.05, 3.63) is 59.5 Å². The molecule has 1 amide bonds. The molecule has 27 heavy (non-hydrogen) atoms. The minimum atomic E-state index is -4.53. The Morgan fingerprint density at radius 3 is 2.33 bits per heavy atom. The molecule has 2 aromatic rings. The van der Waals surface area contributed by atoms with Crippen LogP contribution in [0.25, 0.3) is 0 Å². The largest absolute Gasteiger partial charge is 0.466 e. The van der Waals surface area contributed by atoms with Crippen molar-refractivity contribution in [1.82, 2.24) is 5.32 Å². The molecule has 1 unspecified atom stereocenters. The van der Waals surface area contributed by atoms with Crippen LogP contribution >= 0.6 is 0 Å². The van der Waals surface area contributed by atoms with Crippen molar-refractivity contribution in [3.8, 4) is 0 Å². The number of hydrogen-bond acceptors (Lipinski definition) is 5. The first-order chi connectivity index (χ1) is 12.7. The summed E-state index contributed by atoms with van der Waals surface area (Å²) in [4.78, 5) is 36.5. The van der Waals surface area contributed by atoms with Gasteiger partial charge in [0.15, 0.2) is 5.76 Å². The highest BCUT2D eigenvalue weighted by Crippen LogP contribution is 2.29. The summed E-state index contributed by atoms with van der Waals surface area (Å²) in [5, 5.41) is 2.34. The maximum atomic E-state index is 12.6. The molecule has 1 heterocycles. The Hall–Kier alpha value is -3.10. The summed E-state index contributed by atoms with van der Waals surface area (Å²) in [6.45, 7) is 1.68. The smallest absolute Gasteiger partial charge is 0.416 e. The van der Waals surface area contributed by atoms with E-state index >= 15 is 0 Å². The predicted octanol–water partition coefficient (Wildman–Crippen LogP) is 3.23. The van der Waals surface area contributed by atoms with Crippen LogP contribution in [0.2, 0.25) is 0 Å². The molecule has 2 rings (SSSR count). The third-order valence-corrected chi connectivity index (χ3v) is 3.54. The second-order valence-corrected chi connectivity index (χ2v) is 5.45. The fourth-order valence-corrected chi connectivity index (χ4v) is 2.24. The molecule has 0 spiro atoms. The molecule has 0 saturated carbocycles. The van der Waals surface area contributed by atoms with Crippen LogP contribution in [0.5, 0.6) is 0 Å². The molecule has 144 valence electrons. The summed E-state index contributed by atoms with van der Waals surface area (Å²) in [6.07, 6.45) is -3.72. The number of ketones is 1. The molecule has 0 radical (unpaired) electrons. The van der Waals surface area contributed by atoms with E-state index in [1.807, 2.05) is 0 Å². The van der Waals surface area contributed by atoms with E-state index in [1.54, 1.807) is 6.92 Å². The summed E-state index contributed by atoms with van der Waals surface area (Å²) in [6, 6.07) is 5.02. The number of ether oxygens (including phenoxy) is 1. The molecule has 1 atom stereocenters. The number of furan rings is 1. The zero-order valence-corrected chi connectivity index (χ0v) is 14.2. The molecule has 1 aromatic carbocycles. The first-order valence-electron chi connectivity index (χ1n) is 7.93. The van der Waals surface area contributed by atoms with Crippen molar-refractivity contribution in [2.24, 2.45) is 0 Å². The summed E-state index contributed by atoms with van der Waals surface area (Å²) in [5.41, 5.74) is -1.00. The summed E-state index contributed by atoms with van der Waals surface area (Å²) in [7, 11) is 0. The van der Waals surface area contributed by atoms with Gasteiger partial charge in [0.2, 0.25) is 5.78 Å². The van der Waals surface area contributed by atoms with Crippen molar-refractivity contribution in [2.75, 3.05) is 6.61 Å². The molecule has 0 fully saturated rings. The number of benzene rings is 1. The highest BCUT2D eigenvalue weighted by Gasteiger charge is 2.31. The van der Waals surface area contributed by atoms with E-state index in [0.717, 1.165) is 24.3 Å². The van der Waals surface area contributed by atoms with Gasteiger partial charge in [-0.1, -0.05) is 0 Å². The van der Waals surface area contributed by atoms with Gasteiger partial charge < -0.3 is 14.5 Å². The second-order valence-electron chi connectivity index (χ2n) is 5.45. The highest BCUT2D eigenvalue weighted by atomic mass is 19.4. The average molecular weight is 383 g/mol. The molecule has 0 aliphatic carbocycles. The Labute approximate surface area is 152 Å². The minimum absolute atomic E-state index is 0.0722. The molecule has 9 heteroatoms. The SMILES string of the molecule is CCOC(=O)CC(NC(=O)c1ccc(C(F)(F)F)cc1)C(=O)c1ccco1. The first kappa shape index (κ1) is 20.2. The number of halogens is 3. The molecule has 6 nitrogen and oxygen atoms in total. The molecular weight excluding hydrogens is 367 g/mol. The van der Waals surface area contributed by atoms with Crippen LogP contribution in [0.4, 0.5) is 13.2 Å². The van der Waals surface area contributed by atoms with Crippen LogP contribution in [0.1, 0.15) is 39.8 Å². The maximum Gasteiger partial charge on any atom is 0.416 e. The van der Waals surface area contributed by atoms with Gasteiger partial charge in [-0.3, -0.25) is 14.4 Å². The molecule has 1 N–H and O–H groups in total. The molecule has 0 bridgehead atoms. The Balaban J connectivity index is 2.17. The van der Waals surface area contributed by atoms with Crippen LogP contribution in [0.3, 0.4) is 0 Å². The predicted molar refractivity (Wildman–Crippen MR) is 87.0 cm³/mol. The van der Waals surface area contributed by atoms with Gasteiger partial charge in [0.25, 0.3) is 5.91 Å². The molecular formula is C18H16F3NO5. The number of carbonyl (C=O) groups is 3. The third kappa shape index (κ3) is 5.44. The van der Waals surface area contributed by atoms with Crippen LogP contribution in [-0.4, -0.2) is 30.3 Å². The van der Waals surface area contributed by atoms with E-state index in [4.69, 9.17) is 9.15 Å². The number of hydrogen-bond donors (Lipinski definition) is 1. The van der Waals surface area contributed by atoms with Gasteiger partial charge in [0.05, 0.1) is 24.9 Å². The number of carbonyl (C=O) groups excluding carboxylic acids is 3. The van der Waals surface area contributed by atoms with Gasteiger partial charge in [-0.15, -0.1) is 0 Å². The standard InChI is InChI=1S/C18H16F3NO5/c1-2-26-15(23)10-13(16(24)14-4-3-9-27-14)22-17(25)11-5-7-12(8-6-11)18(19,20)21/h3-9,13H,2,10H2,1H3,(H,22,25). The molecule has 1 aromatic heterocycles. The van der Waals surface area contributed by atoms with Gasteiger partial charge in [-0.05, 0) is 43.3 Å². The Morgan fingerprint density at radius 1 is 1.15 bits per heavy atom. The summed E-state index contributed by atoms with van der Waals surface area (Å²) < 4.78 is 47.6.